The fraction of sp³-hybridized carbons (Fsp3) is 0.895. The van der Waals surface area contributed by atoms with Gasteiger partial charge in [-0.05, 0) is 68.1 Å². The molecule has 4 atom stereocenters. The molecule has 0 saturated heterocycles. The molecular formula is C19H34O. The number of rotatable bonds is 4. The van der Waals surface area contributed by atoms with Gasteiger partial charge in [-0.15, -0.1) is 6.58 Å². The van der Waals surface area contributed by atoms with Crippen molar-refractivity contribution in [3.8, 4) is 0 Å². The molecule has 0 aliphatic heterocycles. The van der Waals surface area contributed by atoms with Crippen LogP contribution in [0.1, 0.15) is 79.1 Å². The lowest BCUT2D eigenvalue weighted by Crippen LogP contribution is -2.49. The molecule has 0 bridgehead atoms. The van der Waals surface area contributed by atoms with Crippen molar-refractivity contribution in [3.63, 3.8) is 0 Å². The molecule has 2 fully saturated rings. The van der Waals surface area contributed by atoms with Crippen LogP contribution in [0.15, 0.2) is 12.7 Å². The lowest BCUT2D eigenvalue weighted by atomic mass is 9.48. The van der Waals surface area contributed by atoms with Crippen LogP contribution in [0.25, 0.3) is 0 Å². The third-order valence-corrected chi connectivity index (χ3v) is 6.69. The molecule has 116 valence electrons. The summed E-state index contributed by atoms with van der Waals surface area (Å²) in [5.41, 5.74) is 0.317. The molecule has 0 aromatic heterocycles. The van der Waals surface area contributed by atoms with E-state index in [1.807, 2.05) is 6.92 Å². The molecule has 1 N–H and O–H groups in total. The monoisotopic (exact) mass is 278 g/mol. The van der Waals surface area contributed by atoms with E-state index in [-0.39, 0.29) is 0 Å². The van der Waals surface area contributed by atoms with Crippen LogP contribution in [0.3, 0.4) is 0 Å². The van der Waals surface area contributed by atoms with E-state index in [0.717, 1.165) is 24.7 Å². The van der Waals surface area contributed by atoms with Crippen LogP contribution in [0.4, 0.5) is 0 Å². The molecule has 0 spiro atoms. The van der Waals surface area contributed by atoms with Gasteiger partial charge in [0, 0.05) is 0 Å². The molecule has 0 amide bonds. The summed E-state index contributed by atoms with van der Waals surface area (Å²) in [6, 6.07) is 0. The Morgan fingerprint density at radius 2 is 1.90 bits per heavy atom. The Morgan fingerprint density at radius 3 is 2.55 bits per heavy atom. The topological polar surface area (TPSA) is 20.2 Å². The van der Waals surface area contributed by atoms with E-state index >= 15 is 0 Å². The molecule has 0 heterocycles. The summed E-state index contributed by atoms with van der Waals surface area (Å²) < 4.78 is 0. The Kier molecular flexibility index (Phi) is 4.40. The molecule has 1 nitrogen and oxygen atoms in total. The molecule has 0 aromatic rings. The van der Waals surface area contributed by atoms with E-state index in [2.05, 4.69) is 27.4 Å². The summed E-state index contributed by atoms with van der Waals surface area (Å²) in [6.07, 6.45) is 12.0. The SMILES string of the molecule is C=C[C@@](C)(O)CC[C@H]1CCC[C@H]2C(C)(C)CCC[C@@]12C. The van der Waals surface area contributed by atoms with Crippen LogP contribution in [0.5, 0.6) is 0 Å². The fourth-order valence-corrected chi connectivity index (χ4v) is 5.32. The van der Waals surface area contributed by atoms with Crippen LogP contribution < -0.4 is 0 Å². The minimum absolute atomic E-state index is 0.497. The van der Waals surface area contributed by atoms with Crippen LogP contribution in [-0.2, 0) is 0 Å². The maximum atomic E-state index is 10.2. The van der Waals surface area contributed by atoms with Gasteiger partial charge in [-0.25, -0.2) is 0 Å². The van der Waals surface area contributed by atoms with Gasteiger partial charge in [0.2, 0.25) is 0 Å². The van der Waals surface area contributed by atoms with Crippen LogP contribution in [0, 0.1) is 22.7 Å². The number of hydrogen-bond donors (Lipinski definition) is 1. The summed E-state index contributed by atoms with van der Waals surface area (Å²) >= 11 is 0. The van der Waals surface area contributed by atoms with Crippen molar-refractivity contribution in [1.82, 2.24) is 0 Å². The second-order valence-electron chi connectivity index (χ2n) is 8.63. The average Bonchev–Trinajstić information content (AvgIpc) is 2.36. The Bertz CT molecular complexity index is 355. The second-order valence-corrected chi connectivity index (χ2v) is 8.63. The summed E-state index contributed by atoms with van der Waals surface area (Å²) in [5.74, 6) is 1.66. The number of hydrogen-bond acceptors (Lipinski definition) is 1. The molecular weight excluding hydrogens is 244 g/mol. The van der Waals surface area contributed by atoms with Gasteiger partial charge in [0.1, 0.15) is 0 Å². The summed E-state index contributed by atoms with van der Waals surface area (Å²) in [4.78, 5) is 0. The van der Waals surface area contributed by atoms with Crippen molar-refractivity contribution >= 4 is 0 Å². The Hall–Kier alpha value is -0.300. The number of aliphatic hydroxyl groups is 1. The molecule has 20 heavy (non-hydrogen) atoms. The standard InChI is InChI=1S/C19H34O/c1-6-18(4,20)14-11-15-9-7-10-16-17(2,3)12-8-13-19(15,16)5/h6,15-16,20H,1,7-14H2,2-5H3/t15-,16+,18-,19+/m1/s1. The highest BCUT2D eigenvalue weighted by molar-refractivity contribution is 5.02. The highest BCUT2D eigenvalue weighted by Gasteiger charge is 2.51. The highest BCUT2D eigenvalue weighted by Crippen LogP contribution is 2.60. The smallest absolute Gasteiger partial charge is 0.0797 e. The van der Waals surface area contributed by atoms with Crippen LogP contribution in [-0.4, -0.2) is 10.7 Å². The van der Waals surface area contributed by atoms with Crippen molar-refractivity contribution in [2.24, 2.45) is 22.7 Å². The van der Waals surface area contributed by atoms with Crippen molar-refractivity contribution in [1.29, 1.82) is 0 Å². The third kappa shape index (κ3) is 2.98. The van der Waals surface area contributed by atoms with Crippen molar-refractivity contribution in [2.75, 3.05) is 0 Å². The van der Waals surface area contributed by atoms with E-state index in [4.69, 9.17) is 0 Å². The zero-order chi connectivity index (χ0) is 15.0. The molecule has 2 rings (SSSR count). The zero-order valence-electron chi connectivity index (χ0n) is 14.0. The first-order valence-electron chi connectivity index (χ1n) is 8.57. The molecule has 2 aliphatic carbocycles. The highest BCUT2D eigenvalue weighted by atomic mass is 16.3. The van der Waals surface area contributed by atoms with Gasteiger partial charge < -0.3 is 5.11 Å². The first-order chi connectivity index (χ1) is 9.21. The molecule has 1 heteroatoms. The average molecular weight is 278 g/mol. The number of fused-ring (bicyclic) bond motifs is 1. The van der Waals surface area contributed by atoms with E-state index in [9.17, 15) is 5.11 Å². The zero-order valence-corrected chi connectivity index (χ0v) is 14.0. The normalized spacial score (nSPS) is 39.6. The van der Waals surface area contributed by atoms with Gasteiger partial charge in [-0.3, -0.25) is 0 Å². The van der Waals surface area contributed by atoms with E-state index in [1.54, 1.807) is 6.08 Å². The van der Waals surface area contributed by atoms with Gasteiger partial charge in [-0.2, -0.15) is 0 Å². The summed E-state index contributed by atoms with van der Waals surface area (Å²) in [6.45, 7) is 13.2. The minimum atomic E-state index is -0.687. The van der Waals surface area contributed by atoms with Crippen LogP contribution in [0.2, 0.25) is 0 Å². The molecule has 2 saturated carbocycles. The van der Waals surface area contributed by atoms with E-state index in [1.165, 1.54) is 38.5 Å². The molecule has 0 aromatic carbocycles. The van der Waals surface area contributed by atoms with E-state index < -0.39 is 5.60 Å². The van der Waals surface area contributed by atoms with E-state index in [0.29, 0.717) is 10.8 Å². The quantitative estimate of drug-likeness (QED) is 0.688. The van der Waals surface area contributed by atoms with Crippen molar-refractivity contribution in [2.45, 2.75) is 84.7 Å². The molecule has 0 unspecified atom stereocenters. The van der Waals surface area contributed by atoms with Crippen LogP contribution >= 0.6 is 0 Å². The maximum Gasteiger partial charge on any atom is 0.0797 e. The predicted molar refractivity (Wildman–Crippen MR) is 86.6 cm³/mol. The molecule has 2 aliphatic rings. The van der Waals surface area contributed by atoms with Gasteiger partial charge >= 0.3 is 0 Å². The lowest BCUT2D eigenvalue weighted by molar-refractivity contribution is -0.0792. The Balaban J connectivity index is 2.11. The Labute approximate surface area is 125 Å². The van der Waals surface area contributed by atoms with Crippen molar-refractivity contribution < 1.29 is 5.11 Å². The first-order valence-corrected chi connectivity index (χ1v) is 8.57. The second kappa shape index (κ2) is 5.48. The predicted octanol–water partition coefficient (Wildman–Crippen LogP) is 5.34. The fourth-order valence-electron chi connectivity index (χ4n) is 5.32. The lowest BCUT2D eigenvalue weighted by Gasteiger charge is -2.57. The maximum absolute atomic E-state index is 10.2. The molecule has 0 radical (unpaired) electrons. The third-order valence-electron chi connectivity index (χ3n) is 6.69. The van der Waals surface area contributed by atoms with Gasteiger partial charge in [0.15, 0.2) is 0 Å². The summed E-state index contributed by atoms with van der Waals surface area (Å²) in [5, 5.41) is 10.2. The summed E-state index contributed by atoms with van der Waals surface area (Å²) in [7, 11) is 0. The van der Waals surface area contributed by atoms with Gasteiger partial charge in [0.05, 0.1) is 5.60 Å². The first kappa shape index (κ1) is 16.1. The van der Waals surface area contributed by atoms with Crippen molar-refractivity contribution in [3.05, 3.63) is 12.7 Å². The minimum Gasteiger partial charge on any atom is -0.386 e. The largest absolute Gasteiger partial charge is 0.386 e. The Morgan fingerprint density at radius 1 is 1.20 bits per heavy atom. The van der Waals surface area contributed by atoms with Gasteiger partial charge in [0.25, 0.3) is 0 Å². The van der Waals surface area contributed by atoms with Gasteiger partial charge in [-0.1, -0.05) is 39.7 Å².